The summed E-state index contributed by atoms with van der Waals surface area (Å²) < 4.78 is 11.3. The molecule has 4 nitrogen and oxygen atoms in total. The molecule has 0 spiro atoms. The third kappa shape index (κ3) is 4.76. The topological polar surface area (TPSA) is 58.9 Å². The lowest BCUT2D eigenvalue weighted by Gasteiger charge is -2.34. The van der Waals surface area contributed by atoms with Crippen LogP contribution in [0.3, 0.4) is 0 Å². The first-order chi connectivity index (χ1) is 13.7. The van der Waals surface area contributed by atoms with E-state index in [0.29, 0.717) is 12.2 Å². The first kappa shape index (κ1) is 20.8. The molecule has 1 aliphatic heterocycles. The molecule has 1 heterocycles. The van der Waals surface area contributed by atoms with E-state index in [-0.39, 0.29) is 17.1 Å². The predicted molar refractivity (Wildman–Crippen MR) is 118 cm³/mol. The number of aromatic hydroxyl groups is 2. The fourth-order valence-electron chi connectivity index (χ4n) is 3.59. The van der Waals surface area contributed by atoms with Crippen molar-refractivity contribution in [3.63, 3.8) is 0 Å². The number of phenolic OH excluding ortho intramolecular Hbond substituents is 2. The molecule has 154 valence electrons. The predicted octanol–water partition coefficient (Wildman–Crippen LogP) is 5.89. The molecule has 2 aromatic rings. The maximum atomic E-state index is 10.7. The van der Waals surface area contributed by atoms with Crippen LogP contribution in [0.15, 0.2) is 35.9 Å². The smallest absolute Gasteiger partial charge is 0.160 e. The van der Waals surface area contributed by atoms with Crippen molar-refractivity contribution in [2.75, 3.05) is 7.11 Å². The van der Waals surface area contributed by atoms with Gasteiger partial charge in [0.25, 0.3) is 0 Å². The van der Waals surface area contributed by atoms with Crippen LogP contribution >= 0.6 is 0 Å². The quantitative estimate of drug-likeness (QED) is 0.490. The van der Waals surface area contributed by atoms with Crippen LogP contribution in [0.1, 0.15) is 56.4 Å². The highest BCUT2D eigenvalue weighted by Crippen LogP contribution is 2.41. The monoisotopic (exact) mass is 394 g/mol. The van der Waals surface area contributed by atoms with Gasteiger partial charge in [0.15, 0.2) is 11.5 Å². The Kier molecular flexibility index (Phi) is 5.92. The third-order valence-corrected chi connectivity index (χ3v) is 5.25. The fourth-order valence-corrected chi connectivity index (χ4v) is 3.59. The molecule has 0 bridgehead atoms. The highest BCUT2D eigenvalue weighted by atomic mass is 16.5. The van der Waals surface area contributed by atoms with Crippen molar-refractivity contribution in [3.05, 3.63) is 58.2 Å². The molecule has 0 radical (unpaired) electrons. The molecule has 3 rings (SSSR count). The molecule has 2 aromatic carbocycles. The average molecular weight is 395 g/mol. The molecule has 29 heavy (non-hydrogen) atoms. The van der Waals surface area contributed by atoms with Gasteiger partial charge in [0.05, 0.1) is 7.11 Å². The number of ether oxygens (including phenoxy) is 2. The second-order valence-corrected chi connectivity index (χ2v) is 8.38. The standard InChI is InChI=1S/C25H30O4/c1-16(2)6-9-19-18(10-7-17-8-11-23(28-5)22(27)14-17)20-12-13-25(3,4)29-24(20)15-21(19)26/h6-8,10-11,14-15,26-27H,9,12-13H2,1-5H3/b10-7+. The highest BCUT2D eigenvalue weighted by Gasteiger charge is 2.29. The van der Waals surface area contributed by atoms with Crippen LogP contribution in [0, 0.1) is 0 Å². The van der Waals surface area contributed by atoms with Gasteiger partial charge >= 0.3 is 0 Å². The maximum absolute atomic E-state index is 10.7. The summed E-state index contributed by atoms with van der Waals surface area (Å²) in [5.41, 5.74) is 4.81. The van der Waals surface area contributed by atoms with Crippen molar-refractivity contribution in [2.24, 2.45) is 0 Å². The van der Waals surface area contributed by atoms with E-state index in [1.165, 1.54) is 12.7 Å². The second-order valence-electron chi connectivity index (χ2n) is 8.38. The van der Waals surface area contributed by atoms with Crippen LogP contribution in [-0.2, 0) is 12.8 Å². The Balaban J connectivity index is 2.08. The summed E-state index contributed by atoms with van der Waals surface area (Å²) in [6, 6.07) is 7.04. The van der Waals surface area contributed by atoms with E-state index < -0.39 is 0 Å². The van der Waals surface area contributed by atoms with Gasteiger partial charge in [0.2, 0.25) is 0 Å². The van der Waals surface area contributed by atoms with Gasteiger partial charge in [-0.05, 0) is 70.2 Å². The zero-order valence-electron chi connectivity index (χ0n) is 17.9. The summed E-state index contributed by atoms with van der Waals surface area (Å²) in [6.07, 6.45) is 8.52. The van der Waals surface area contributed by atoms with E-state index in [0.717, 1.165) is 40.8 Å². The molecule has 2 N–H and O–H groups in total. The zero-order chi connectivity index (χ0) is 21.2. The van der Waals surface area contributed by atoms with Crippen molar-refractivity contribution in [1.29, 1.82) is 0 Å². The van der Waals surface area contributed by atoms with Gasteiger partial charge in [-0.2, -0.15) is 0 Å². The van der Waals surface area contributed by atoms with Crippen molar-refractivity contribution in [3.8, 4) is 23.0 Å². The summed E-state index contributed by atoms with van der Waals surface area (Å²) in [4.78, 5) is 0. The Morgan fingerprint density at radius 1 is 1.14 bits per heavy atom. The number of fused-ring (bicyclic) bond motifs is 1. The van der Waals surface area contributed by atoms with Crippen LogP contribution in [-0.4, -0.2) is 22.9 Å². The summed E-state index contributed by atoms with van der Waals surface area (Å²) in [5, 5.41) is 20.8. The number of hydrogen-bond donors (Lipinski definition) is 2. The first-order valence-electron chi connectivity index (χ1n) is 9.95. The van der Waals surface area contributed by atoms with Gasteiger partial charge in [-0.1, -0.05) is 29.9 Å². The average Bonchev–Trinajstić information content (AvgIpc) is 2.64. The molecular weight excluding hydrogens is 364 g/mol. The van der Waals surface area contributed by atoms with Gasteiger partial charge in [-0.3, -0.25) is 0 Å². The van der Waals surface area contributed by atoms with Gasteiger partial charge in [0.1, 0.15) is 17.1 Å². The van der Waals surface area contributed by atoms with Crippen molar-refractivity contribution in [2.45, 2.75) is 52.6 Å². The molecule has 0 unspecified atom stereocenters. The normalized spacial score (nSPS) is 14.9. The van der Waals surface area contributed by atoms with E-state index in [9.17, 15) is 10.2 Å². The van der Waals surface area contributed by atoms with Crippen LogP contribution in [0.2, 0.25) is 0 Å². The lowest BCUT2D eigenvalue weighted by molar-refractivity contribution is 0.0842. The second kappa shape index (κ2) is 8.24. The van der Waals surface area contributed by atoms with E-state index in [4.69, 9.17) is 9.47 Å². The Morgan fingerprint density at radius 3 is 2.55 bits per heavy atom. The number of allylic oxidation sites excluding steroid dienone is 2. The summed E-state index contributed by atoms with van der Waals surface area (Å²) in [6.45, 7) is 8.24. The zero-order valence-corrected chi connectivity index (χ0v) is 17.9. The van der Waals surface area contributed by atoms with Crippen LogP contribution < -0.4 is 9.47 Å². The Hall–Kier alpha value is -2.88. The van der Waals surface area contributed by atoms with Crippen molar-refractivity contribution < 1.29 is 19.7 Å². The lowest BCUT2D eigenvalue weighted by atomic mass is 9.87. The van der Waals surface area contributed by atoms with E-state index in [1.807, 2.05) is 18.2 Å². The van der Waals surface area contributed by atoms with Gasteiger partial charge in [0, 0.05) is 17.2 Å². The number of rotatable bonds is 5. The first-order valence-corrected chi connectivity index (χ1v) is 9.95. The molecular formula is C25H30O4. The maximum Gasteiger partial charge on any atom is 0.160 e. The van der Waals surface area contributed by atoms with Crippen LogP contribution in [0.4, 0.5) is 0 Å². The van der Waals surface area contributed by atoms with Crippen molar-refractivity contribution >= 4 is 12.2 Å². The van der Waals surface area contributed by atoms with E-state index >= 15 is 0 Å². The molecule has 0 atom stereocenters. The van der Waals surface area contributed by atoms with E-state index in [1.54, 1.807) is 18.2 Å². The van der Waals surface area contributed by atoms with Gasteiger partial charge in [-0.15, -0.1) is 0 Å². The number of hydrogen-bond acceptors (Lipinski definition) is 4. The van der Waals surface area contributed by atoms with Gasteiger partial charge in [-0.25, -0.2) is 0 Å². The SMILES string of the molecule is COc1ccc(/C=C/c2c(CC=C(C)C)c(O)cc3c2CCC(C)(C)O3)cc1O. The molecule has 1 aliphatic rings. The molecule has 0 saturated heterocycles. The largest absolute Gasteiger partial charge is 0.507 e. The minimum absolute atomic E-state index is 0.0995. The summed E-state index contributed by atoms with van der Waals surface area (Å²) >= 11 is 0. The fraction of sp³-hybridized carbons (Fsp3) is 0.360. The molecule has 0 saturated carbocycles. The highest BCUT2D eigenvalue weighted by molar-refractivity contribution is 5.77. The number of phenols is 2. The number of methoxy groups -OCH3 is 1. The number of benzene rings is 2. The Bertz CT molecular complexity index is 963. The van der Waals surface area contributed by atoms with Crippen LogP contribution in [0.25, 0.3) is 12.2 Å². The lowest BCUT2D eigenvalue weighted by Crippen LogP contribution is -2.33. The van der Waals surface area contributed by atoms with Crippen LogP contribution in [0.5, 0.6) is 23.0 Å². The summed E-state index contributed by atoms with van der Waals surface area (Å²) in [7, 11) is 1.53. The molecule has 0 aliphatic carbocycles. The Labute approximate surface area is 173 Å². The molecule has 0 amide bonds. The van der Waals surface area contributed by atoms with Crippen molar-refractivity contribution in [1.82, 2.24) is 0 Å². The third-order valence-electron chi connectivity index (χ3n) is 5.25. The summed E-state index contributed by atoms with van der Waals surface area (Å²) in [5.74, 6) is 1.53. The minimum atomic E-state index is -0.246. The molecule has 0 aromatic heterocycles. The van der Waals surface area contributed by atoms with E-state index in [2.05, 4.69) is 33.8 Å². The molecule has 0 fully saturated rings. The Morgan fingerprint density at radius 2 is 1.90 bits per heavy atom. The minimum Gasteiger partial charge on any atom is -0.507 e. The molecule has 4 heteroatoms. The van der Waals surface area contributed by atoms with Gasteiger partial charge < -0.3 is 19.7 Å².